The van der Waals surface area contributed by atoms with Crippen LogP contribution in [0.3, 0.4) is 0 Å². The van der Waals surface area contributed by atoms with Gasteiger partial charge in [0.1, 0.15) is 6.29 Å². The third kappa shape index (κ3) is 5.33. The number of ether oxygens (including phenoxy) is 1. The summed E-state index contributed by atoms with van der Waals surface area (Å²) in [5.41, 5.74) is 0. The van der Waals surface area contributed by atoms with E-state index < -0.39 is 0 Å². The molecule has 0 aromatic rings. The van der Waals surface area contributed by atoms with Gasteiger partial charge in [0.2, 0.25) is 0 Å². The molecule has 0 spiro atoms. The van der Waals surface area contributed by atoms with Crippen LogP contribution in [-0.4, -0.2) is 18.9 Å². The van der Waals surface area contributed by atoms with Crippen LogP contribution in [0.1, 0.15) is 58.3 Å². The molecule has 3 heteroatoms. The summed E-state index contributed by atoms with van der Waals surface area (Å²) in [5, 5.41) is 0. The van der Waals surface area contributed by atoms with Crippen LogP contribution in [0.5, 0.6) is 0 Å². The van der Waals surface area contributed by atoms with Crippen molar-refractivity contribution >= 4 is 12.3 Å². The Bertz CT molecular complexity index is 232. The smallest absolute Gasteiger partial charge is 0.305 e. The number of hydrogen-bond donors (Lipinski definition) is 0. The summed E-state index contributed by atoms with van der Waals surface area (Å²) in [6.45, 7) is 2.25. The molecular formula is C14H24O3. The van der Waals surface area contributed by atoms with Gasteiger partial charge in [-0.05, 0) is 31.6 Å². The van der Waals surface area contributed by atoms with Gasteiger partial charge in [-0.25, -0.2) is 0 Å². The van der Waals surface area contributed by atoms with E-state index in [1.807, 2.05) is 0 Å². The monoisotopic (exact) mass is 240 g/mol. The number of carbonyl (C=O) groups is 2. The maximum atomic E-state index is 11.1. The summed E-state index contributed by atoms with van der Waals surface area (Å²) in [5.74, 6) is 0.601. The van der Waals surface area contributed by atoms with Gasteiger partial charge in [0.15, 0.2) is 0 Å². The molecule has 0 heterocycles. The molecule has 1 aliphatic carbocycles. The van der Waals surface area contributed by atoms with Crippen LogP contribution >= 0.6 is 0 Å². The van der Waals surface area contributed by atoms with E-state index in [0.717, 1.165) is 19.1 Å². The first kappa shape index (κ1) is 14.2. The fourth-order valence-electron chi connectivity index (χ4n) is 2.58. The second-order valence-electron chi connectivity index (χ2n) is 4.91. The fraction of sp³-hybridized carbons (Fsp3) is 0.857. The van der Waals surface area contributed by atoms with Gasteiger partial charge in [0.05, 0.1) is 6.61 Å². The Morgan fingerprint density at radius 2 is 2.06 bits per heavy atom. The maximum absolute atomic E-state index is 11.1. The lowest BCUT2D eigenvalue weighted by molar-refractivity contribution is -0.143. The molecule has 1 rings (SSSR count). The van der Waals surface area contributed by atoms with Gasteiger partial charge >= 0.3 is 5.97 Å². The van der Waals surface area contributed by atoms with Crippen molar-refractivity contribution in [3.63, 3.8) is 0 Å². The summed E-state index contributed by atoms with van der Waals surface area (Å²) >= 11 is 0. The average Bonchev–Trinajstić information content (AvgIpc) is 2.39. The molecule has 1 unspecified atom stereocenters. The van der Waals surface area contributed by atoms with Crippen LogP contribution in [0.4, 0.5) is 0 Å². The van der Waals surface area contributed by atoms with E-state index in [4.69, 9.17) is 4.74 Å². The van der Waals surface area contributed by atoms with E-state index in [9.17, 15) is 9.59 Å². The fourth-order valence-corrected chi connectivity index (χ4v) is 2.58. The Morgan fingerprint density at radius 3 is 2.65 bits per heavy atom. The molecule has 1 aliphatic rings. The minimum Gasteiger partial charge on any atom is -0.466 e. The highest BCUT2D eigenvalue weighted by atomic mass is 16.5. The summed E-state index contributed by atoms with van der Waals surface area (Å²) in [7, 11) is 0. The van der Waals surface area contributed by atoms with Crippen molar-refractivity contribution in [3.05, 3.63) is 0 Å². The van der Waals surface area contributed by atoms with Gasteiger partial charge in [-0.3, -0.25) is 4.79 Å². The minimum atomic E-state index is -0.148. The third-order valence-corrected chi connectivity index (χ3v) is 3.66. The molecule has 0 bridgehead atoms. The second kappa shape index (κ2) is 8.26. The molecular weight excluding hydrogens is 216 g/mol. The molecule has 0 aromatic carbocycles. The minimum absolute atomic E-state index is 0.148. The molecule has 3 nitrogen and oxygen atoms in total. The zero-order valence-electron chi connectivity index (χ0n) is 10.8. The van der Waals surface area contributed by atoms with E-state index in [-0.39, 0.29) is 11.9 Å². The van der Waals surface area contributed by atoms with Crippen molar-refractivity contribution in [2.75, 3.05) is 6.61 Å². The second-order valence-corrected chi connectivity index (χ2v) is 4.91. The van der Waals surface area contributed by atoms with Crippen LogP contribution in [0, 0.1) is 11.8 Å². The lowest BCUT2D eigenvalue weighted by Crippen LogP contribution is -2.20. The predicted molar refractivity (Wildman–Crippen MR) is 66.6 cm³/mol. The van der Waals surface area contributed by atoms with Crippen molar-refractivity contribution in [1.82, 2.24) is 0 Å². The van der Waals surface area contributed by atoms with Crippen molar-refractivity contribution in [2.45, 2.75) is 58.3 Å². The highest BCUT2D eigenvalue weighted by Crippen LogP contribution is 2.31. The van der Waals surface area contributed by atoms with Gasteiger partial charge in [0, 0.05) is 12.3 Å². The molecule has 0 aromatic heterocycles. The first-order valence-corrected chi connectivity index (χ1v) is 6.88. The van der Waals surface area contributed by atoms with Crippen LogP contribution in [0.15, 0.2) is 0 Å². The van der Waals surface area contributed by atoms with Gasteiger partial charge in [-0.2, -0.15) is 0 Å². The van der Waals surface area contributed by atoms with Crippen molar-refractivity contribution < 1.29 is 14.3 Å². The molecule has 0 amide bonds. The topological polar surface area (TPSA) is 43.4 Å². The van der Waals surface area contributed by atoms with Crippen molar-refractivity contribution in [3.8, 4) is 0 Å². The Hall–Kier alpha value is -0.860. The molecule has 0 saturated heterocycles. The van der Waals surface area contributed by atoms with E-state index in [0.29, 0.717) is 18.9 Å². The Labute approximate surface area is 104 Å². The van der Waals surface area contributed by atoms with E-state index >= 15 is 0 Å². The number of hydrogen-bond acceptors (Lipinski definition) is 3. The van der Waals surface area contributed by atoms with E-state index in [1.165, 1.54) is 32.1 Å². The predicted octanol–water partition coefficient (Wildman–Crippen LogP) is 3.12. The zero-order chi connectivity index (χ0) is 12.5. The number of esters is 1. The van der Waals surface area contributed by atoms with Gasteiger partial charge in [0.25, 0.3) is 0 Å². The van der Waals surface area contributed by atoms with Gasteiger partial charge < -0.3 is 9.53 Å². The normalized spacial score (nSPS) is 18.6. The maximum Gasteiger partial charge on any atom is 0.305 e. The first-order chi connectivity index (χ1) is 8.27. The summed E-state index contributed by atoms with van der Waals surface area (Å²) < 4.78 is 5.02. The zero-order valence-corrected chi connectivity index (χ0v) is 10.8. The first-order valence-electron chi connectivity index (χ1n) is 6.88. The van der Waals surface area contributed by atoms with Crippen molar-refractivity contribution in [1.29, 1.82) is 0 Å². The number of aldehydes is 1. The highest BCUT2D eigenvalue weighted by molar-refractivity contribution is 5.68. The van der Waals surface area contributed by atoms with Gasteiger partial charge in [-0.1, -0.05) is 26.2 Å². The van der Waals surface area contributed by atoms with Crippen LogP contribution < -0.4 is 0 Å². The quantitative estimate of drug-likeness (QED) is 0.390. The van der Waals surface area contributed by atoms with Crippen molar-refractivity contribution in [2.24, 2.45) is 11.8 Å². The van der Waals surface area contributed by atoms with Crippen LogP contribution in [0.25, 0.3) is 0 Å². The molecule has 0 radical (unpaired) electrons. The van der Waals surface area contributed by atoms with Gasteiger partial charge in [-0.15, -0.1) is 0 Å². The van der Waals surface area contributed by atoms with E-state index in [1.54, 1.807) is 6.92 Å². The highest BCUT2D eigenvalue weighted by Gasteiger charge is 2.22. The van der Waals surface area contributed by atoms with Crippen LogP contribution in [-0.2, 0) is 14.3 Å². The number of rotatable bonds is 7. The Kier molecular flexibility index (Phi) is 6.90. The molecule has 0 N–H and O–H groups in total. The average molecular weight is 240 g/mol. The molecule has 1 saturated carbocycles. The SMILES string of the molecule is CCC(=O)OCCCC(C=O)C1CCCCC1. The molecule has 1 atom stereocenters. The van der Waals surface area contributed by atoms with Crippen LogP contribution in [0.2, 0.25) is 0 Å². The Balaban J connectivity index is 2.17. The lowest BCUT2D eigenvalue weighted by Gasteiger charge is -2.26. The molecule has 98 valence electrons. The molecule has 17 heavy (non-hydrogen) atoms. The third-order valence-electron chi connectivity index (χ3n) is 3.66. The van der Waals surface area contributed by atoms with E-state index in [2.05, 4.69) is 0 Å². The summed E-state index contributed by atoms with van der Waals surface area (Å²) in [6, 6.07) is 0. The summed E-state index contributed by atoms with van der Waals surface area (Å²) in [4.78, 5) is 22.0. The largest absolute Gasteiger partial charge is 0.466 e. The molecule has 1 fully saturated rings. The number of carbonyl (C=O) groups excluding carboxylic acids is 2. The lowest BCUT2D eigenvalue weighted by atomic mass is 9.79. The molecule has 0 aliphatic heterocycles. The Morgan fingerprint density at radius 1 is 1.35 bits per heavy atom. The summed E-state index contributed by atoms with van der Waals surface area (Å²) in [6.07, 6.45) is 9.44. The standard InChI is InChI=1S/C14H24O3/c1-2-14(16)17-10-6-9-13(11-15)12-7-4-3-5-8-12/h11-13H,2-10H2,1H3.